The van der Waals surface area contributed by atoms with Crippen molar-refractivity contribution in [1.29, 1.82) is 0 Å². The van der Waals surface area contributed by atoms with Gasteiger partial charge in [0.25, 0.3) is 0 Å². The lowest BCUT2D eigenvalue weighted by molar-refractivity contribution is -0.142. The Morgan fingerprint density at radius 3 is 2.38 bits per heavy atom. The van der Waals surface area contributed by atoms with E-state index >= 15 is 0 Å². The van der Waals surface area contributed by atoms with Crippen LogP contribution < -0.4 is 0 Å². The summed E-state index contributed by atoms with van der Waals surface area (Å²) < 4.78 is 0. The van der Waals surface area contributed by atoms with Crippen molar-refractivity contribution in [3.63, 3.8) is 0 Å². The third-order valence-electron chi connectivity index (χ3n) is 4.16. The van der Waals surface area contributed by atoms with E-state index in [2.05, 4.69) is 23.8 Å². The summed E-state index contributed by atoms with van der Waals surface area (Å²) in [5.74, 6) is -0.472. The van der Waals surface area contributed by atoms with Gasteiger partial charge < -0.3 is 10.0 Å². The molecule has 0 spiro atoms. The first kappa shape index (κ1) is 11.9. The smallest absolute Gasteiger partial charge is 0.308 e. The highest BCUT2D eigenvalue weighted by Gasteiger charge is 2.38. The lowest BCUT2D eigenvalue weighted by Crippen LogP contribution is -2.43. The number of hydrogen-bond acceptors (Lipinski definition) is 3. The maximum atomic E-state index is 11.1. The minimum atomic E-state index is -0.622. The second-order valence-corrected chi connectivity index (χ2v) is 5.41. The van der Waals surface area contributed by atoms with Gasteiger partial charge in [-0.1, -0.05) is 6.92 Å². The van der Waals surface area contributed by atoms with Gasteiger partial charge >= 0.3 is 5.97 Å². The number of piperidine rings is 1. The predicted octanol–water partition coefficient (Wildman–Crippen LogP) is 0.733. The molecule has 16 heavy (non-hydrogen) atoms. The summed E-state index contributed by atoms with van der Waals surface area (Å²) in [5.41, 5.74) is 0. The molecule has 4 nitrogen and oxygen atoms in total. The van der Waals surface area contributed by atoms with Crippen molar-refractivity contribution >= 4 is 5.97 Å². The van der Waals surface area contributed by atoms with Crippen molar-refractivity contribution in [2.75, 3.05) is 33.2 Å². The maximum absolute atomic E-state index is 11.1. The molecule has 0 aromatic carbocycles. The molecule has 2 fully saturated rings. The van der Waals surface area contributed by atoms with E-state index in [1.165, 1.54) is 12.8 Å². The Morgan fingerprint density at radius 1 is 1.25 bits per heavy atom. The minimum Gasteiger partial charge on any atom is -0.481 e. The van der Waals surface area contributed by atoms with Crippen molar-refractivity contribution in [3.05, 3.63) is 0 Å². The lowest BCUT2D eigenvalue weighted by Gasteiger charge is -2.35. The van der Waals surface area contributed by atoms with E-state index in [1.807, 2.05) is 0 Å². The molecule has 0 unspecified atom stereocenters. The molecule has 4 heteroatoms. The number of aliphatic carboxylic acids is 1. The minimum absolute atomic E-state index is 0.153. The van der Waals surface area contributed by atoms with Crippen LogP contribution in [0.4, 0.5) is 0 Å². The van der Waals surface area contributed by atoms with E-state index in [0.717, 1.165) is 26.2 Å². The zero-order valence-electron chi connectivity index (χ0n) is 10.2. The Balaban J connectivity index is 1.90. The Morgan fingerprint density at radius 2 is 1.88 bits per heavy atom. The second kappa shape index (κ2) is 4.72. The first-order valence-corrected chi connectivity index (χ1v) is 6.23. The molecule has 0 radical (unpaired) electrons. The van der Waals surface area contributed by atoms with Crippen LogP contribution in [0.3, 0.4) is 0 Å². The number of carboxylic acid groups (broad SMARTS) is 1. The predicted molar refractivity (Wildman–Crippen MR) is 62.4 cm³/mol. The molecular weight excluding hydrogens is 204 g/mol. The SMILES string of the molecule is C[C@@H]1CN(C2CCN(C)CC2)C[C@H]1C(=O)O. The summed E-state index contributed by atoms with van der Waals surface area (Å²) in [6.45, 7) is 6.07. The fourth-order valence-electron chi connectivity index (χ4n) is 2.98. The topological polar surface area (TPSA) is 43.8 Å². The standard InChI is InChI=1S/C12H22N2O2/c1-9-7-14(8-11(9)12(15)16)10-3-5-13(2)6-4-10/h9-11H,3-8H2,1-2H3,(H,15,16)/t9-,11-/m1/s1. The summed E-state index contributed by atoms with van der Waals surface area (Å²) in [6, 6.07) is 0.614. The Kier molecular flexibility index (Phi) is 3.50. The average Bonchev–Trinajstić information content (AvgIpc) is 2.61. The van der Waals surface area contributed by atoms with Crippen LogP contribution in [0.15, 0.2) is 0 Å². The number of rotatable bonds is 2. The molecule has 2 aliphatic rings. The van der Waals surface area contributed by atoms with E-state index in [-0.39, 0.29) is 5.92 Å². The molecule has 0 saturated carbocycles. The van der Waals surface area contributed by atoms with Crippen molar-refractivity contribution in [1.82, 2.24) is 9.80 Å². The van der Waals surface area contributed by atoms with Gasteiger partial charge in [0, 0.05) is 19.1 Å². The third-order valence-corrected chi connectivity index (χ3v) is 4.16. The molecule has 0 aliphatic carbocycles. The molecule has 2 saturated heterocycles. The van der Waals surface area contributed by atoms with Gasteiger partial charge in [0.05, 0.1) is 5.92 Å². The van der Waals surface area contributed by atoms with Crippen LogP contribution >= 0.6 is 0 Å². The van der Waals surface area contributed by atoms with E-state index in [4.69, 9.17) is 5.11 Å². The van der Waals surface area contributed by atoms with Crippen LogP contribution in [0, 0.1) is 11.8 Å². The van der Waals surface area contributed by atoms with Crippen LogP contribution in [0.1, 0.15) is 19.8 Å². The Hall–Kier alpha value is -0.610. The molecule has 92 valence electrons. The van der Waals surface area contributed by atoms with Crippen LogP contribution in [-0.4, -0.2) is 60.1 Å². The molecular formula is C12H22N2O2. The number of carbonyl (C=O) groups is 1. The fourth-order valence-corrected chi connectivity index (χ4v) is 2.98. The summed E-state index contributed by atoms with van der Waals surface area (Å²) in [5, 5.41) is 9.11. The van der Waals surface area contributed by atoms with Gasteiger partial charge in [0.2, 0.25) is 0 Å². The summed E-state index contributed by atoms with van der Waals surface area (Å²) in [7, 11) is 2.16. The second-order valence-electron chi connectivity index (χ2n) is 5.41. The van der Waals surface area contributed by atoms with Crippen molar-refractivity contribution in [2.45, 2.75) is 25.8 Å². The molecule has 2 rings (SSSR count). The van der Waals surface area contributed by atoms with Crippen molar-refractivity contribution < 1.29 is 9.90 Å². The first-order chi connectivity index (χ1) is 7.58. The maximum Gasteiger partial charge on any atom is 0.308 e. The number of carboxylic acids is 1. The highest BCUT2D eigenvalue weighted by atomic mass is 16.4. The molecule has 0 aromatic rings. The third kappa shape index (κ3) is 2.38. The van der Waals surface area contributed by atoms with Gasteiger partial charge in [-0.15, -0.1) is 0 Å². The van der Waals surface area contributed by atoms with E-state index in [9.17, 15) is 4.79 Å². The average molecular weight is 226 g/mol. The van der Waals surface area contributed by atoms with Gasteiger partial charge in [-0.2, -0.15) is 0 Å². The largest absolute Gasteiger partial charge is 0.481 e. The van der Waals surface area contributed by atoms with Crippen molar-refractivity contribution in [3.8, 4) is 0 Å². The van der Waals surface area contributed by atoms with E-state index in [0.29, 0.717) is 12.0 Å². The van der Waals surface area contributed by atoms with Gasteiger partial charge in [0.1, 0.15) is 0 Å². The summed E-state index contributed by atoms with van der Waals surface area (Å²) in [4.78, 5) is 15.8. The molecule has 2 aliphatic heterocycles. The lowest BCUT2D eigenvalue weighted by atomic mass is 9.99. The quantitative estimate of drug-likeness (QED) is 0.754. The van der Waals surface area contributed by atoms with Gasteiger partial charge in [-0.25, -0.2) is 0 Å². The molecule has 2 heterocycles. The van der Waals surface area contributed by atoms with Crippen LogP contribution in [0.2, 0.25) is 0 Å². The molecule has 0 aromatic heterocycles. The molecule has 0 bridgehead atoms. The normalized spacial score (nSPS) is 34.4. The highest BCUT2D eigenvalue weighted by molar-refractivity contribution is 5.71. The molecule has 1 N–H and O–H groups in total. The first-order valence-electron chi connectivity index (χ1n) is 6.23. The molecule has 2 atom stereocenters. The zero-order valence-corrected chi connectivity index (χ0v) is 10.2. The number of likely N-dealkylation sites (tertiary alicyclic amines) is 2. The van der Waals surface area contributed by atoms with Crippen LogP contribution in [-0.2, 0) is 4.79 Å². The number of nitrogens with zero attached hydrogens (tertiary/aromatic N) is 2. The summed E-state index contributed by atoms with van der Waals surface area (Å²) in [6.07, 6.45) is 2.38. The monoisotopic (exact) mass is 226 g/mol. The van der Waals surface area contributed by atoms with Gasteiger partial charge in [-0.05, 0) is 38.9 Å². The fraction of sp³-hybridized carbons (Fsp3) is 0.917. The van der Waals surface area contributed by atoms with Crippen molar-refractivity contribution in [2.24, 2.45) is 11.8 Å². The highest BCUT2D eigenvalue weighted by Crippen LogP contribution is 2.28. The Labute approximate surface area is 97.2 Å². The van der Waals surface area contributed by atoms with Gasteiger partial charge in [-0.3, -0.25) is 9.69 Å². The van der Waals surface area contributed by atoms with E-state index in [1.54, 1.807) is 0 Å². The zero-order chi connectivity index (χ0) is 11.7. The van der Waals surface area contributed by atoms with Crippen LogP contribution in [0.5, 0.6) is 0 Å². The Bertz CT molecular complexity index is 262. The van der Waals surface area contributed by atoms with Crippen LogP contribution in [0.25, 0.3) is 0 Å². The number of hydrogen-bond donors (Lipinski definition) is 1. The molecule has 0 amide bonds. The van der Waals surface area contributed by atoms with E-state index < -0.39 is 5.97 Å². The van der Waals surface area contributed by atoms with Gasteiger partial charge in [0.15, 0.2) is 0 Å². The summed E-state index contributed by atoms with van der Waals surface area (Å²) >= 11 is 0.